The standard InChI is InChI=1S/C12H3Cl3F6N4O3.Na.H/c13-4-1-3(11(16,17)18)6(14)7(15)8(4)24-9(5(2-22-24)25(27)28)23-10(26)12(19,20)21;;/h1-2H,(H,23,26);;/q;+1;-1. The summed E-state index contributed by atoms with van der Waals surface area (Å²) in [7, 11) is 0. The van der Waals surface area contributed by atoms with E-state index in [1.807, 2.05) is 0 Å². The second-order valence-electron chi connectivity index (χ2n) is 4.88. The largest absolute Gasteiger partial charge is 1.00 e. The van der Waals surface area contributed by atoms with E-state index in [0.29, 0.717) is 12.3 Å². The van der Waals surface area contributed by atoms with Crippen molar-refractivity contribution < 1.29 is 67.0 Å². The van der Waals surface area contributed by atoms with Crippen LogP contribution in [0.3, 0.4) is 0 Å². The number of nitro groups is 1. The predicted octanol–water partition coefficient (Wildman–Crippen LogP) is 2.38. The number of hydrogen-bond donors (Lipinski definition) is 1. The zero-order valence-electron chi connectivity index (χ0n) is 14.6. The van der Waals surface area contributed by atoms with Crippen LogP contribution in [0.4, 0.5) is 37.8 Å². The van der Waals surface area contributed by atoms with Crippen LogP contribution >= 0.6 is 34.8 Å². The summed E-state index contributed by atoms with van der Waals surface area (Å²) >= 11 is 17.0. The van der Waals surface area contributed by atoms with Gasteiger partial charge < -0.3 is 1.43 Å². The van der Waals surface area contributed by atoms with Gasteiger partial charge in [0, 0.05) is 0 Å². The molecule has 0 radical (unpaired) electrons. The molecule has 0 aliphatic heterocycles. The normalized spacial score (nSPS) is 11.8. The van der Waals surface area contributed by atoms with Gasteiger partial charge in [-0.25, -0.2) is 4.68 Å². The quantitative estimate of drug-likeness (QED) is 0.233. The van der Waals surface area contributed by atoms with Gasteiger partial charge in [0.05, 0.1) is 25.6 Å². The van der Waals surface area contributed by atoms with Crippen LogP contribution in [0, 0.1) is 10.1 Å². The summed E-state index contributed by atoms with van der Waals surface area (Å²) in [6.07, 6.45) is -9.98. The molecule has 0 spiro atoms. The van der Waals surface area contributed by atoms with Crippen molar-refractivity contribution in [3.63, 3.8) is 0 Å². The number of anilines is 1. The minimum atomic E-state index is -5.44. The molecule has 0 atom stereocenters. The molecule has 7 nitrogen and oxygen atoms in total. The zero-order chi connectivity index (χ0) is 21.6. The van der Waals surface area contributed by atoms with E-state index in [0.717, 1.165) is 0 Å². The maximum atomic E-state index is 12.9. The Bertz CT molecular complexity index is 986. The third-order valence-corrected chi connectivity index (χ3v) is 4.23. The van der Waals surface area contributed by atoms with E-state index in [1.54, 1.807) is 0 Å². The van der Waals surface area contributed by atoms with Crippen molar-refractivity contribution >= 4 is 52.2 Å². The van der Waals surface area contributed by atoms with Crippen molar-refractivity contribution in [2.45, 2.75) is 12.4 Å². The molecule has 0 unspecified atom stereocenters. The topological polar surface area (TPSA) is 90.1 Å². The molecule has 0 saturated heterocycles. The van der Waals surface area contributed by atoms with Crippen LogP contribution in [0.1, 0.15) is 6.99 Å². The Hall–Kier alpha value is -1.25. The molecule has 0 fully saturated rings. The molecule has 0 aliphatic rings. The maximum absolute atomic E-state index is 12.9. The van der Waals surface area contributed by atoms with Crippen molar-refractivity contribution in [3.8, 4) is 5.69 Å². The van der Waals surface area contributed by atoms with Gasteiger partial charge in [-0.05, 0) is 6.07 Å². The number of nitrogens with zero attached hydrogens (tertiary/aromatic N) is 3. The third kappa shape index (κ3) is 5.27. The molecule has 154 valence electrons. The average molecular weight is 496 g/mol. The molecule has 29 heavy (non-hydrogen) atoms. The van der Waals surface area contributed by atoms with Gasteiger partial charge in [0.2, 0.25) is 5.82 Å². The first-order chi connectivity index (χ1) is 12.7. The van der Waals surface area contributed by atoms with Crippen LogP contribution in [0.25, 0.3) is 5.69 Å². The minimum Gasteiger partial charge on any atom is -1.00 e. The molecule has 0 bridgehead atoms. The monoisotopic (exact) mass is 494 g/mol. The Morgan fingerprint density at radius 2 is 1.72 bits per heavy atom. The fraction of sp³-hybridized carbons (Fsp3) is 0.167. The van der Waals surface area contributed by atoms with Crippen LogP contribution < -0.4 is 34.9 Å². The molecule has 17 heteroatoms. The summed E-state index contributed by atoms with van der Waals surface area (Å²) in [5, 5.41) is 12.8. The summed E-state index contributed by atoms with van der Waals surface area (Å²) in [5.41, 5.74) is -3.29. The second-order valence-corrected chi connectivity index (χ2v) is 6.04. The number of aromatic nitrogens is 2. The van der Waals surface area contributed by atoms with Crippen molar-refractivity contribution in [2.24, 2.45) is 0 Å². The minimum absolute atomic E-state index is 0. The maximum Gasteiger partial charge on any atom is 1.00 e. The van der Waals surface area contributed by atoms with Crippen LogP contribution in [0.15, 0.2) is 12.3 Å². The summed E-state index contributed by atoms with van der Waals surface area (Å²) in [5.74, 6) is -3.76. The zero-order valence-corrected chi connectivity index (χ0v) is 17.9. The molecule has 0 aliphatic carbocycles. The number of carbonyl (C=O) groups excluding carboxylic acids is 1. The van der Waals surface area contributed by atoms with E-state index < -0.39 is 61.0 Å². The van der Waals surface area contributed by atoms with Crippen molar-refractivity contribution in [2.75, 3.05) is 5.32 Å². The molecule has 1 heterocycles. The van der Waals surface area contributed by atoms with Gasteiger partial charge in [-0.3, -0.25) is 20.2 Å². The molecule has 1 aromatic heterocycles. The third-order valence-electron chi connectivity index (χ3n) is 3.09. The van der Waals surface area contributed by atoms with Crippen LogP contribution in [-0.2, 0) is 11.0 Å². The van der Waals surface area contributed by atoms with E-state index in [2.05, 4.69) is 5.10 Å². The smallest absolute Gasteiger partial charge is 1.00 e. The first kappa shape index (κ1) is 25.8. The van der Waals surface area contributed by atoms with E-state index in [4.69, 9.17) is 34.8 Å². The molecule has 1 amide bonds. The summed E-state index contributed by atoms with van der Waals surface area (Å²) in [4.78, 5) is 21.0. The van der Waals surface area contributed by atoms with Gasteiger partial charge in [-0.1, -0.05) is 34.8 Å². The first-order valence-electron chi connectivity index (χ1n) is 6.52. The van der Waals surface area contributed by atoms with E-state index in [1.165, 1.54) is 5.32 Å². The molecule has 2 aromatic rings. The van der Waals surface area contributed by atoms with E-state index in [9.17, 15) is 41.3 Å². The van der Waals surface area contributed by atoms with Gasteiger partial charge in [0.1, 0.15) is 11.9 Å². The fourth-order valence-corrected chi connectivity index (χ4v) is 2.79. The van der Waals surface area contributed by atoms with E-state index >= 15 is 0 Å². The average Bonchev–Trinajstić information content (AvgIpc) is 2.92. The van der Waals surface area contributed by atoms with E-state index in [-0.39, 0.29) is 35.7 Å². The summed E-state index contributed by atoms with van der Waals surface area (Å²) < 4.78 is 76.6. The Labute approximate surface area is 194 Å². The number of benzene rings is 1. The number of amides is 1. The SMILES string of the molecule is O=C(Nc1c([N+](=O)[O-])cnn1-c1c(Cl)cc(C(F)(F)F)c(Cl)c1Cl)C(F)(F)F.[H-].[Na+]. The Morgan fingerprint density at radius 1 is 1.17 bits per heavy atom. The molecular weight excluding hydrogens is 491 g/mol. The fourth-order valence-electron chi connectivity index (χ4n) is 1.92. The van der Waals surface area contributed by atoms with Crippen LogP contribution in [0.5, 0.6) is 0 Å². The molecule has 1 aromatic carbocycles. The number of rotatable bonds is 3. The second kappa shape index (κ2) is 8.86. The molecule has 1 N–H and O–H groups in total. The Balaban J connectivity index is 0.00000420. The number of halogens is 9. The number of nitrogens with one attached hydrogen (secondary N) is 1. The van der Waals surface area contributed by atoms with Gasteiger partial charge in [0.15, 0.2) is 0 Å². The number of hydrogen-bond acceptors (Lipinski definition) is 4. The van der Waals surface area contributed by atoms with Gasteiger partial charge in [-0.2, -0.15) is 31.4 Å². The number of alkyl halides is 6. The van der Waals surface area contributed by atoms with Crippen molar-refractivity contribution in [3.05, 3.63) is 43.0 Å². The summed E-state index contributed by atoms with van der Waals surface area (Å²) in [6, 6.07) is 0.300. The predicted molar refractivity (Wildman–Crippen MR) is 86.0 cm³/mol. The van der Waals surface area contributed by atoms with Crippen LogP contribution in [0.2, 0.25) is 15.1 Å². The Kier molecular flexibility index (Phi) is 7.88. The molecule has 2 rings (SSSR count). The summed E-state index contributed by atoms with van der Waals surface area (Å²) in [6.45, 7) is 0. The van der Waals surface area contributed by atoms with Gasteiger partial charge >= 0.3 is 53.5 Å². The Morgan fingerprint density at radius 3 is 2.17 bits per heavy atom. The van der Waals surface area contributed by atoms with Crippen molar-refractivity contribution in [1.29, 1.82) is 0 Å². The molecular formula is C12H4Cl3F6N4NaO3. The molecule has 0 saturated carbocycles. The van der Waals surface area contributed by atoms with Crippen LogP contribution in [-0.4, -0.2) is 26.8 Å². The first-order valence-corrected chi connectivity index (χ1v) is 7.65. The number of carbonyl (C=O) groups is 1. The van der Waals surface area contributed by atoms with Crippen molar-refractivity contribution in [1.82, 2.24) is 9.78 Å². The van der Waals surface area contributed by atoms with Gasteiger partial charge in [0.25, 0.3) is 0 Å². The van der Waals surface area contributed by atoms with Gasteiger partial charge in [-0.15, -0.1) is 0 Å².